The van der Waals surface area contributed by atoms with Gasteiger partial charge >= 0.3 is 0 Å². The largest absolute Gasteiger partial charge is 0.378 e. The molecule has 0 aliphatic carbocycles. The van der Waals surface area contributed by atoms with E-state index in [2.05, 4.69) is 58.8 Å². The SMILES string of the molecule is c1ccc2c(c1)CCC(c1ccc3ncccc3c1)N2. The minimum atomic E-state index is 0.398. The number of rotatable bonds is 1. The van der Waals surface area contributed by atoms with E-state index in [-0.39, 0.29) is 0 Å². The Kier molecular flexibility index (Phi) is 2.66. The minimum absolute atomic E-state index is 0.398. The lowest BCUT2D eigenvalue weighted by Crippen LogP contribution is -2.17. The first-order valence-electron chi connectivity index (χ1n) is 7.09. The molecule has 0 radical (unpaired) electrons. The molecule has 1 aliphatic heterocycles. The van der Waals surface area contributed by atoms with Gasteiger partial charge in [0.15, 0.2) is 0 Å². The number of hydrogen-bond donors (Lipinski definition) is 1. The van der Waals surface area contributed by atoms with E-state index in [0.29, 0.717) is 6.04 Å². The third-order valence-corrected chi connectivity index (χ3v) is 4.08. The van der Waals surface area contributed by atoms with Crippen molar-refractivity contribution >= 4 is 16.6 Å². The van der Waals surface area contributed by atoms with E-state index in [1.807, 2.05) is 12.3 Å². The molecule has 2 aromatic carbocycles. The van der Waals surface area contributed by atoms with E-state index in [0.717, 1.165) is 18.4 Å². The normalized spacial score (nSPS) is 17.5. The van der Waals surface area contributed by atoms with Gasteiger partial charge in [0, 0.05) is 17.3 Å². The van der Waals surface area contributed by atoms with Gasteiger partial charge in [-0.3, -0.25) is 4.98 Å². The lowest BCUT2D eigenvalue weighted by atomic mass is 9.93. The van der Waals surface area contributed by atoms with Crippen molar-refractivity contribution < 1.29 is 0 Å². The zero-order chi connectivity index (χ0) is 13.4. The second-order valence-electron chi connectivity index (χ2n) is 5.35. The van der Waals surface area contributed by atoms with E-state index < -0.39 is 0 Å². The lowest BCUT2D eigenvalue weighted by Gasteiger charge is -2.27. The van der Waals surface area contributed by atoms with Crippen molar-refractivity contribution in [3.8, 4) is 0 Å². The first-order valence-corrected chi connectivity index (χ1v) is 7.09. The number of nitrogens with one attached hydrogen (secondary N) is 1. The van der Waals surface area contributed by atoms with Crippen LogP contribution in [-0.4, -0.2) is 4.98 Å². The fourth-order valence-corrected chi connectivity index (χ4v) is 3.00. The number of nitrogens with zero attached hydrogens (tertiary/aromatic N) is 1. The van der Waals surface area contributed by atoms with Crippen molar-refractivity contribution in [1.29, 1.82) is 0 Å². The van der Waals surface area contributed by atoms with Crippen molar-refractivity contribution in [1.82, 2.24) is 4.98 Å². The highest BCUT2D eigenvalue weighted by Gasteiger charge is 2.18. The third kappa shape index (κ3) is 1.94. The lowest BCUT2D eigenvalue weighted by molar-refractivity contribution is 0.668. The van der Waals surface area contributed by atoms with Crippen LogP contribution in [0.3, 0.4) is 0 Å². The molecule has 0 bridgehead atoms. The fourth-order valence-electron chi connectivity index (χ4n) is 3.00. The molecule has 0 fully saturated rings. The summed E-state index contributed by atoms with van der Waals surface area (Å²) in [4.78, 5) is 4.38. The van der Waals surface area contributed by atoms with Gasteiger partial charge in [0.05, 0.1) is 11.6 Å². The Morgan fingerprint density at radius 3 is 2.95 bits per heavy atom. The maximum atomic E-state index is 4.38. The Morgan fingerprint density at radius 1 is 1.00 bits per heavy atom. The average molecular weight is 260 g/mol. The van der Waals surface area contributed by atoms with E-state index in [4.69, 9.17) is 0 Å². The molecule has 2 heterocycles. The molecule has 1 aliphatic rings. The second-order valence-corrected chi connectivity index (χ2v) is 5.35. The topological polar surface area (TPSA) is 24.9 Å². The highest BCUT2D eigenvalue weighted by molar-refractivity contribution is 5.79. The van der Waals surface area contributed by atoms with Gasteiger partial charge in [0.1, 0.15) is 0 Å². The zero-order valence-corrected chi connectivity index (χ0v) is 11.2. The maximum Gasteiger partial charge on any atom is 0.0702 e. The molecular formula is C18H16N2. The summed E-state index contributed by atoms with van der Waals surface area (Å²) in [5.74, 6) is 0. The predicted molar refractivity (Wildman–Crippen MR) is 82.9 cm³/mol. The summed E-state index contributed by atoms with van der Waals surface area (Å²) < 4.78 is 0. The Bertz CT molecular complexity index is 764. The van der Waals surface area contributed by atoms with Crippen molar-refractivity contribution in [2.45, 2.75) is 18.9 Å². The molecule has 98 valence electrons. The standard InChI is InChI=1S/C18H16N2/c1-2-6-17-13(4-1)7-10-18(20-17)15-8-9-16-14(12-15)5-3-11-19-16/h1-6,8-9,11-12,18,20H,7,10H2. The Hall–Kier alpha value is -2.35. The van der Waals surface area contributed by atoms with Crippen LogP contribution in [0.15, 0.2) is 60.8 Å². The zero-order valence-electron chi connectivity index (χ0n) is 11.2. The van der Waals surface area contributed by atoms with Crippen LogP contribution in [0.2, 0.25) is 0 Å². The molecular weight excluding hydrogens is 244 g/mol. The van der Waals surface area contributed by atoms with Crippen LogP contribution in [0.1, 0.15) is 23.6 Å². The van der Waals surface area contributed by atoms with E-state index in [1.54, 1.807) is 0 Å². The summed E-state index contributed by atoms with van der Waals surface area (Å²) in [6, 6.07) is 19.7. The molecule has 2 heteroatoms. The highest BCUT2D eigenvalue weighted by Crippen LogP contribution is 2.33. The number of anilines is 1. The summed E-state index contributed by atoms with van der Waals surface area (Å²) in [7, 11) is 0. The Labute approximate surface area is 118 Å². The molecule has 4 rings (SSSR count). The van der Waals surface area contributed by atoms with Crippen molar-refractivity contribution in [3.63, 3.8) is 0 Å². The van der Waals surface area contributed by atoms with Gasteiger partial charge in [-0.25, -0.2) is 0 Å². The maximum absolute atomic E-state index is 4.38. The fraction of sp³-hybridized carbons (Fsp3) is 0.167. The van der Waals surface area contributed by atoms with Crippen LogP contribution in [0.5, 0.6) is 0 Å². The van der Waals surface area contributed by atoms with Crippen LogP contribution in [0.4, 0.5) is 5.69 Å². The molecule has 1 atom stereocenters. The van der Waals surface area contributed by atoms with Gasteiger partial charge in [-0.05, 0) is 48.2 Å². The van der Waals surface area contributed by atoms with E-state index in [1.165, 1.54) is 22.2 Å². The molecule has 1 unspecified atom stereocenters. The van der Waals surface area contributed by atoms with Gasteiger partial charge in [-0.15, -0.1) is 0 Å². The van der Waals surface area contributed by atoms with Gasteiger partial charge in [-0.2, -0.15) is 0 Å². The summed E-state index contributed by atoms with van der Waals surface area (Å²) in [6.07, 6.45) is 4.12. The highest BCUT2D eigenvalue weighted by atomic mass is 14.9. The molecule has 1 N–H and O–H groups in total. The van der Waals surface area contributed by atoms with Crippen molar-refractivity contribution in [2.75, 3.05) is 5.32 Å². The predicted octanol–water partition coefficient (Wildman–Crippen LogP) is 4.33. The van der Waals surface area contributed by atoms with Crippen LogP contribution in [-0.2, 0) is 6.42 Å². The van der Waals surface area contributed by atoms with Gasteiger partial charge < -0.3 is 5.32 Å². The summed E-state index contributed by atoms with van der Waals surface area (Å²) in [5, 5.41) is 4.87. The van der Waals surface area contributed by atoms with Gasteiger partial charge in [0.25, 0.3) is 0 Å². The number of para-hydroxylation sites is 1. The smallest absolute Gasteiger partial charge is 0.0702 e. The first-order chi connectivity index (χ1) is 9.90. The van der Waals surface area contributed by atoms with Crippen LogP contribution in [0.25, 0.3) is 10.9 Å². The number of aryl methyl sites for hydroxylation is 1. The van der Waals surface area contributed by atoms with Gasteiger partial charge in [-0.1, -0.05) is 30.3 Å². The molecule has 0 spiro atoms. The van der Waals surface area contributed by atoms with Crippen LogP contribution < -0.4 is 5.32 Å². The summed E-state index contributed by atoms with van der Waals surface area (Å²) in [5.41, 5.74) is 5.11. The van der Waals surface area contributed by atoms with Crippen LogP contribution in [0, 0.1) is 0 Å². The number of pyridine rings is 1. The molecule has 0 saturated heterocycles. The first kappa shape index (κ1) is 11.5. The Morgan fingerprint density at radius 2 is 1.95 bits per heavy atom. The van der Waals surface area contributed by atoms with Gasteiger partial charge in [0.2, 0.25) is 0 Å². The summed E-state index contributed by atoms with van der Waals surface area (Å²) >= 11 is 0. The number of benzene rings is 2. The third-order valence-electron chi connectivity index (χ3n) is 4.08. The Balaban J connectivity index is 1.70. The molecule has 2 nitrogen and oxygen atoms in total. The van der Waals surface area contributed by atoms with E-state index >= 15 is 0 Å². The molecule has 20 heavy (non-hydrogen) atoms. The molecule has 0 saturated carbocycles. The minimum Gasteiger partial charge on any atom is -0.378 e. The summed E-state index contributed by atoms with van der Waals surface area (Å²) in [6.45, 7) is 0. The van der Waals surface area contributed by atoms with E-state index in [9.17, 15) is 0 Å². The quantitative estimate of drug-likeness (QED) is 0.704. The number of hydrogen-bond acceptors (Lipinski definition) is 2. The molecule has 3 aromatic rings. The number of aromatic nitrogens is 1. The average Bonchev–Trinajstić information content (AvgIpc) is 2.54. The molecule has 1 aromatic heterocycles. The van der Waals surface area contributed by atoms with Crippen molar-refractivity contribution in [2.24, 2.45) is 0 Å². The van der Waals surface area contributed by atoms with Crippen LogP contribution >= 0.6 is 0 Å². The second kappa shape index (κ2) is 4.64. The van der Waals surface area contributed by atoms with Crippen molar-refractivity contribution in [3.05, 3.63) is 71.9 Å². The number of fused-ring (bicyclic) bond motifs is 2. The monoisotopic (exact) mass is 260 g/mol. The molecule has 0 amide bonds.